The van der Waals surface area contributed by atoms with Gasteiger partial charge in [-0.25, -0.2) is 4.98 Å². The molecule has 0 saturated carbocycles. The van der Waals surface area contributed by atoms with Crippen molar-refractivity contribution in [2.75, 3.05) is 27.4 Å². The minimum absolute atomic E-state index is 0.0506. The van der Waals surface area contributed by atoms with Crippen molar-refractivity contribution in [2.24, 2.45) is 0 Å². The molecule has 0 spiro atoms. The fourth-order valence-corrected chi connectivity index (χ4v) is 3.64. The van der Waals surface area contributed by atoms with Crippen LogP contribution in [0.5, 0.6) is 11.5 Å². The average molecular weight is 404 g/mol. The summed E-state index contributed by atoms with van der Waals surface area (Å²) in [6, 6.07) is 5.45. The third-order valence-corrected chi connectivity index (χ3v) is 5.18. The number of aromatic nitrogens is 1. The van der Waals surface area contributed by atoms with Gasteiger partial charge < -0.3 is 14.2 Å². The highest BCUT2D eigenvalue weighted by Gasteiger charge is 2.27. The van der Waals surface area contributed by atoms with Crippen molar-refractivity contribution >= 4 is 29.1 Å². The molecule has 0 unspecified atom stereocenters. The van der Waals surface area contributed by atoms with E-state index in [1.54, 1.807) is 25.7 Å². The lowest BCUT2D eigenvalue weighted by Crippen LogP contribution is -2.35. The van der Waals surface area contributed by atoms with Crippen molar-refractivity contribution < 1.29 is 28.6 Å². The molecule has 0 radical (unpaired) electrons. The molecule has 28 heavy (non-hydrogen) atoms. The monoisotopic (exact) mass is 404 g/mol. The zero-order chi connectivity index (χ0) is 20.1. The Morgan fingerprint density at radius 3 is 2.68 bits per heavy atom. The highest BCUT2D eigenvalue weighted by Crippen LogP contribution is 2.33. The van der Waals surface area contributed by atoms with E-state index in [-0.39, 0.29) is 12.3 Å². The molecule has 2 heterocycles. The molecule has 2 aromatic rings. The predicted molar refractivity (Wildman–Crippen MR) is 101 cm³/mol. The zero-order valence-corrected chi connectivity index (χ0v) is 16.4. The second-order valence-corrected chi connectivity index (χ2v) is 6.95. The smallest absolute Gasteiger partial charge is 0.312 e. The van der Waals surface area contributed by atoms with Crippen molar-refractivity contribution in [2.45, 2.75) is 19.3 Å². The molecule has 3 rings (SSSR count). The highest BCUT2D eigenvalue weighted by molar-refractivity contribution is 7.13. The van der Waals surface area contributed by atoms with Gasteiger partial charge in [-0.1, -0.05) is 0 Å². The van der Waals surface area contributed by atoms with Gasteiger partial charge in [0.25, 0.3) is 5.91 Å². The van der Waals surface area contributed by atoms with Crippen molar-refractivity contribution in [3.05, 3.63) is 29.3 Å². The van der Waals surface area contributed by atoms with E-state index in [4.69, 9.17) is 14.2 Å². The summed E-state index contributed by atoms with van der Waals surface area (Å²) in [7, 11) is 3.12. The summed E-state index contributed by atoms with van der Waals surface area (Å²) < 4.78 is 15.5. The molecule has 1 aromatic heterocycles. The number of methoxy groups -OCH3 is 2. The number of hydrogen-bond donors (Lipinski definition) is 0. The number of likely N-dealkylation sites (tertiary alicyclic amines) is 1. The second kappa shape index (κ2) is 8.83. The number of imide groups is 1. The van der Waals surface area contributed by atoms with E-state index in [1.807, 2.05) is 12.1 Å². The fraction of sp³-hybridized carbons (Fsp3) is 0.368. The van der Waals surface area contributed by atoms with E-state index < -0.39 is 18.5 Å². The molecule has 2 amide bonds. The van der Waals surface area contributed by atoms with E-state index in [9.17, 15) is 14.4 Å². The van der Waals surface area contributed by atoms with Gasteiger partial charge in [-0.15, -0.1) is 11.3 Å². The van der Waals surface area contributed by atoms with E-state index in [2.05, 4.69) is 4.98 Å². The van der Waals surface area contributed by atoms with Crippen LogP contribution in [0.15, 0.2) is 23.6 Å². The van der Waals surface area contributed by atoms with Crippen LogP contribution in [0.2, 0.25) is 0 Å². The Morgan fingerprint density at radius 2 is 2.00 bits per heavy atom. The Bertz CT molecular complexity index is 894. The van der Waals surface area contributed by atoms with Crippen LogP contribution in [0, 0.1) is 0 Å². The standard InChI is InChI=1S/C19H20N2O6S/c1-25-14-6-5-12(8-15(14)26-2)19-20-13(11-28-19)9-18(24)27-10-17(23)21-7-3-4-16(21)22/h5-6,8,11H,3-4,7,9-10H2,1-2H3. The van der Waals surface area contributed by atoms with E-state index in [0.717, 1.165) is 15.5 Å². The van der Waals surface area contributed by atoms with Gasteiger partial charge in [-0.3, -0.25) is 19.3 Å². The van der Waals surface area contributed by atoms with E-state index in [0.29, 0.717) is 36.6 Å². The van der Waals surface area contributed by atoms with Crippen LogP contribution in [-0.2, 0) is 25.5 Å². The molecular formula is C19H20N2O6S. The molecule has 1 aliphatic heterocycles. The number of nitrogens with zero attached hydrogens (tertiary/aromatic N) is 2. The van der Waals surface area contributed by atoms with Gasteiger partial charge >= 0.3 is 5.97 Å². The summed E-state index contributed by atoms with van der Waals surface area (Å²) in [6.07, 6.45) is 0.957. The summed E-state index contributed by atoms with van der Waals surface area (Å²) in [5, 5.41) is 2.49. The molecular weight excluding hydrogens is 384 g/mol. The molecule has 0 aliphatic carbocycles. The molecule has 0 atom stereocenters. The number of amides is 2. The van der Waals surface area contributed by atoms with Crippen LogP contribution < -0.4 is 9.47 Å². The summed E-state index contributed by atoms with van der Waals surface area (Å²) in [5.41, 5.74) is 1.38. The lowest BCUT2D eigenvalue weighted by atomic mass is 10.2. The molecule has 0 N–H and O–H groups in total. The Kier molecular flexibility index (Phi) is 6.25. The first-order valence-electron chi connectivity index (χ1n) is 8.67. The van der Waals surface area contributed by atoms with Crippen molar-refractivity contribution in [3.63, 3.8) is 0 Å². The molecule has 0 bridgehead atoms. The molecule has 1 aromatic carbocycles. The minimum Gasteiger partial charge on any atom is -0.493 e. The van der Waals surface area contributed by atoms with Gasteiger partial charge in [0.05, 0.1) is 26.3 Å². The molecule has 1 saturated heterocycles. The third-order valence-electron chi connectivity index (χ3n) is 4.24. The van der Waals surface area contributed by atoms with Gasteiger partial charge in [-0.2, -0.15) is 0 Å². The van der Waals surface area contributed by atoms with E-state index in [1.165, 1.54) is 11.3 Å². The maximum Gasteiger partial charge on any atom is 0.312 e. The van der Waals surface area contributed by atoms with Gasteiger partial charge in [-0.05, 0) is 24.6 Å². The largest absolute Gasteiger partial charge is 0.493 e. The second-order valence-electron chi connectivity index (χ2n) is 6.09. The quantitative estimate of drug-likeness (QED) is 0.652. The van der Waals surface area contributed by atoms with Gasteiger partial charge in [0.15, 0.2) is 18.1 Å². The van der Waals surface area contributed by atoms with Gasteiger partial charge in [0, 0.05) is 23.9 Å². The summed E-state index contributed by atoms with van der Waals surface area (Å²) in [4.78, 5) is 41.0. The Morgan fingerprint density at radius 1 is 1.21 bits per heavy atom. The predicted octanol–water partition coefficient (Wildman–Crippen LogP) is 2.06. The lowest BCUT2D eigenvalue weighted by Gasteiger charge is -2.13. The van der Waals surface area contributed by atoms with Crippen LogP contribution in [0.25, 0.3) is 10.6 Å². The fourth-order valence-electron chi connectivity index (χ4n) is 2.82. The Labute approximate surface area is 166 Å². The van der Waals surface area contributed by atoms with Crippen LogP contribution in [0.4, 0.5) is 0 Å². The maximum atomic E-state index is 12.0. The summed E-state index contributed by atoms with van der Waals surface area (Å²) in [5.74, 6) is -0.0664. The number of carbonyl (C=O) groups excluding carboxylic acids is 3. The number of carbonyl (C=O) groups is 3. The first-order valence-corrected chi connectivity index (χ1v) is 9.55. The average Bonchev–Trinajstić information content (AvgIpc) is 3.34. The normalized spacial score (nSPS) is 13.5. The number of esters is 1. The number of ether oxygens (including phenoxy) is 3. The maximum absolute atomic E-state index is 12.0. The van der Waals surface area contributed by atoms with Crippen molar-refractivity contribution in [1.82, 2.24) is 9.88 Å². The molecule has 148 valence electrons. The molecule has 1 fully saturated rings. The van der Waals surface area contributed by atoms with E-state index >= 15 is 0 Å². The van der Waals surface area contributed by atoms with Crippen molar-refractivity contribution in [3.8, 4) is 22.1 Å². The van der Waals surface area contributed by atoms with Crippen LogP contribution >= 0.6 is 11.3 Å². The number of rotatable bonds is 7. The number of hydrogen-bond acceptors (Lipinski definition) is 8. The van der Waals surface area contributed by atoms with Crippen LogP contribution in [-0.4, -0.2) is 55.0 Å². The topological polar surface area (TPSA) is 95.0 Å². The van der Waals surface area contributed by atoms with Crippen LogP contribution in [0.1, 0.15) is 18.5 Å². The number of benzene rings is 1. The third kappa shape index (κ3) is 4.48. The summed E-state index contributed by atoms with van der Waals surface area (Å²) >= 11 is 1.39. The summed E-state index contributed by atoms with van der Waals surface area (Å²) in [6.45, 7) is -0.0484. The number of thiazole rings is 1. The van der Waals surface area contributed by atoms with Gasteiger partial charge in [0.1, 0.15) is 5.01 Å². The molecule has 1 aliphatic rings. The minimum atomic E-state index is -0.566. The zero-order valence-electron chi connectivity index (χ0n) is 15.6. The molecule has 9 heteroatoms. The van der Waals surface area contributed by atoms with Crippen molar-refractivity contribution in [1.29, 1.82) is 0 Å². The van der Waals surface area contributed by atoms with Crippen LogP contribution in [0.3, 0.4) is 0 Å². The Balaban J connectivity index is 1.57. The first-order chi connectivity index (χ1) is 13.5. The lowest BCUT2D eigenvalue weighted by molar-refractivity contribution is -0.154. The highest BCUT2D eigenvalue weighted by atomic mass is 32.1. The Hall–Kier alpha value is -2.94. The SMILES string of the molecule is COc1ccc(-c2nc(CC(=O)OCC(=O)N3CCCC3=O)cs2)cc1OC. The van der Waals surface area contributed by atoms with Gasteiger partial charge in [0.2, 0.25) is 5.91 Å². The molecule has 8 nitrogen and oxygen atoms in total. The first kappa shape index (κ1) is 19.8.